The van der Waals surface area contributed by atoms with Gasteiger partial charge in [-0.3, -0.25) is 4.79 Å². The number of nitrogens with zero attached hydrogens (tertiary/aromatic N) is 1. The predicted octanol–water partition coefficient (Wildman–Crippen LogP) is 2.15. The van der Waals surface area contributed by atoms with Crippen molar-refractivity contribution in [3.63, 3.8) is 0 Å². The van der Waals surface area contributed by atoms with Crippen LogP contribution in [0.3, 0.4) is 0 Å². The van der Waals surface area contributed by atoms with E-state index >= 15 is 0 Å². The van der Waals surface area contributed by atoms with Gasteiger partial charge >= 0.3 is 0 Å². The summed E-state index contributed by atoms with van der Waals surface area (Å²) in [6, 6.07) is 12.0. The summed E-state index contributed by atoms with van der Waals surface area (Å²) in [5.74, 6) is -1.43. The normalized spacial score (nSPS) is 11.6. The van der Waals surface area contributed by atoms with Gasteiger partial charge in [-0.15, -0.1) is 0 Å². The molecule has 0 aliphatic rings. The van der Waals surface area contributed by atoms with E-state index in [0.717, 1.165) is 17.7 Å². The Morgan fingerprint density at radius 2 is 1.85 bits per heavy atom. The lowest BCUT2D eigenvalue weighted by molar-refractivity contribution is 0.0707. The maximum absolute atomic E-state index is 14.1. The highest BCUT2D eigenvalue weighted by atomic mass is 32.2. The number of hydrogen-bond donors (Lipinski definition) is 2. The minimum Gasteiger partial charge on any atom is -0.395 e. The van der Waals surface area contributed by atoms with Gasteiger partial charge in [0.15, 0.2) is 0 Å². The quantitative estimate of drug-likeness (QED) is 0.718. The SMILES string of the molecule is CC(C)NS(=O)(=O)c1cc(C(=O)N(CCO)Cc2ccccc2)ccc1F. The summed E-state index contributed by atoms with van der Waals surface area (Å²) in [6.07, 6.45) is 0. The molecule has 0 heterocycles. The van der Waals surface area contributed by atoms with Crippen LogP contribution in [0.2, 0.25) is 0 Å². The van der Waals surface area contributed by atoms with Crippen molar-refractivity contribution in [2.24, 2.45) is 0 Å². The van der Waals surface area contributed by atoms with Crippen molar-refractivity contribution in [2.75, 3.05) is 13.2 Å². The van der Waals surface area contributed by atoms with Gasteiger partial charge in [0, 0.05) is 24.7 Å². The van der Waals surface area contributed by atoms with Crippen molar-refractivity contribution >= 4 is 15.9 Å². The third kappa shape index (κ3) is 5.59. The molecule has 27 heavy (non-hydrogen) atoms. The summed E-state index contributed by atoms with van der Waals surface area (Å²) in [5, 5.41) is 9.28. The number of aliphatic hydroxyl groups excluding tert-OH is 1. The lowest BCUT2D eigenvalue weighted by Gasteiger charge is -2.22. The molecule has 0 atom stereocenters. The molecule has 0 saturated heterocycles. The summed E-state index contributed by atoms with van der Waals surface area (Å²) in [5.41, 5.74) is 0.889. The molecule has 0 saturated carbocycles. The predicted molar refractivity (Wildman–Crippen MR) is 100 cm³/mol. The average molecular weight is 394 g/mol. The molecule has 0 aromatic heterocycles. The minimum atomic E-state index is -4.09. The highest BCUT2D eigenvalue weighted by Crippen LogP contribution is 2.19. The van der Waals surface area contributed by atoms with E-state index in [1.165, 1.54) is 11.0 Å². The van der Waals surface area contributed by atoms with Crippen LogP contribution in [-0.2, 0) is 16.6 Å². The van der Waals surface area contributed by atoms with Crippen LogP contribution in [0.25, 0.3) is 0 Å². The van der Waals surface area contributed by atoms with Crippen LogP contribution in [0.5, 0.6) is 0 Å². The van der Waals surface area contributed by atoms with Crippen molar-refractivity contribution in [3.8, 4) is 0 Å². The fourth-order valence-electron chi connectivity index (χ4n) is 2.58. The van der Waals surface area contributed by atoms with E-state index in [9.17, 15) is 22.7 Å². The van der Waals surface area contributed by atoms with E-state index in [-0.39, 0.29) is 25.3 Å². The summed E-state index contributed by atoms with van der Waals surface area (Å²) in [4.78, 5) is 13.6. The first-order valence-corrected chi connectivity index (χ1v) is 9.99. The van der Waals surface area contributed by atoms with E-state index in [1.54, 1.807) is 13.8 Å². The van der Waals surface area contributed by atoms with Gasteiger partial charge in [-0.05, 0) is 37.6 Å². The van der Waals surface area contributed by atoms with Gasteiger partial charge in [-0.2, -0.15) is 0 Å². The van der Waals surface area contributed by atoms with Gasteiger partial charge in [0.25, 0.3) is 5.91 Å². The van der Waals surface area contributed by atoms with Crippen LogP contribution >= 0.6 is 0 Å². The topological polar surface area (TPSA) is 86.7 Å². The molecular formula is C19H23FN2O4S. The second kappa shape index (κ2) is 9.07. The molecule has 0 bridgehead atoms. The molecule has 6 nitrogen and oxygen atoms in total. The summed E-state index contributed by atoms with van der Waals surface area (Å²) in [7, 11) is -4.09. The first-order valence-electron chi connectivity index (χ1n) is 8.50. The van der Waals surface area contributed by atoms with Crippen molar-refractivity contribution < 1.29 is 22.7 Å². The summed E-state index contributed by atoms with van der Waals surface area (Å²) >= 11 is 0. The molecule has 0 aliphatic carbocycles. The molecule has 0 unspecified atom stereocenters. The third-order valence-electron chi connectivity index (χ3n) is 3.73. The van der Waals surface area contributed by atoms with Crippen molar-refractivity contribution in [3.05, 3.63) is 65.5 Å². The van der Waals surface area contributed by atoms with E-state index in [2.05, 4.69) is 4.72 Å². The number of benzene rings is 2. The molecular weight excluding hydrogens is 371 g/mol. The highest BCUT2D eigenvalue weighted by molar-refractivity contribution is 7.89. The highest BCUT2D eigenvalue weighted by Gasteiger charge is 2.24. The third-order valence-corrected chi connectivity index (χ3v) is 5.41. The van der Waals surface area contributed by atoms with Gasteiger partial charge in [-0.1, -0.05) is 30.3 Å². The number of rotatable bonds is 8. The number of carbonyl (C=O) groups is 1. The molecule has 0 aliphatic heterocycles. The first-order chi connectivity index (χ1) is 12.7. The molecule has 1 amide bonds. The van der Waals surface area contributed by atoms with Crippen molar-refractivity contribution in [1.29, 1.82) is 0 Å². The fraction of sp³-hybridized carbons (Fsp3) is 0.316. The zero-order valence-corrected chi connectivity index (χ0v) is 16.0. The molecule has 0 fully saturated rings. The van der Waals surface area contributed by atoms with Crippen molar-refractivity contribution in [1.82, 2.24) is 9.62 Å². The lowest BCUT2D eigenvalue weighted by Crippen LogP contribution is -2.34. The summed E-state index contributed by atoms with van der Waals surface area (Å²) in [6.45, 7) is 3.29. The Labute approximate surface area is 158 Å². The average Bonchev–Trinajstić information content (AvgIpc) is 2.61. The Morgan fingerprint density at radius 3 is 2.44 bits per heavy atom. The van der Waals surface area contributed by atoms with Gasteiger partial charge in [0.1, 0.15) is 10.7 Å². The largest absolute Gasteiger partial charge is 0.395 e. The summed E-state index contributed by atoms with van der Waals surface area (Å²) < 4.78 is 41.0. The zero-order valence-electron chi connectivity index (χ0n) is 15.2. The molecule has 2 rings (SSSR count). The van der Waals surface area contributed by atoms with Crippen molar-refractivity contribution in [2.45, 2.75) is 31.3 Å². The molecule has 146 valence electrons. The molecule has 0 radical (unpaired) electrons. The Balaban J connectivity index is 2.34. The Morgan fingerprint density at radius 1 is 1.19 bits per heavy atom. The van der Waals surface area contributed by atoms with Crippen LogP contribution in [0.4, 0.5) is 4.39 Å². The second-order valence-electron chi connectivity index (χ2n) is 6.36. The number of aliphatic hydroxyl groups is 1. The van der Waals surface area contributed by atoms with E-state index in [1.807, 2.05) is 30.3 Å². The lowest BCUT2D eigenvalue weighted by atomic mass is 10.1. The van der Waals surface area contributed by atoms with Gasteiger partial charge in [-0.25, -0.2) is 17.5 Å². The number of sulfonamides is 1. The molecule has 2 aromatic rings. The first kappa shape index (κ1) is 21.0. The Kier molecular flexibility index (Phi) is 7.06. The maximum atomic E-state index is 14.1. The number of nitrogens with one attached hydrogen (secondary N) is 1. The zero-order chi connectivity index (χ0) is 20.0. The minimum absolute atomic E-state index is 0.0323. The van der Waals surface area contributed by atoms with Crippen LogP contribution < -0.4 is 4.72 Å². The van der Waals surface area contributed by atoms with Crippen LogP contribution in [-0.4, -0.2) is 43.5 Å². The van der Waals surface area contributed by atoms with Crippen LogP contribution in [0.1, 0.15) is 29.8 Å². The van der Waals surface area contributed by atoms with Gasteiger partial charge < -0.3 is 10.0 Å². The molecule has 2 aromatic carbocycles. The Bertz CT molecular complexity index is 886. The molecule has 2 N–H and O–H groups in total. The number of carbonyl (C=O) groups excluding carboxylic acids is 1. The smallest absolute Gasteiger partial charge is 0.254 e. The van der Waals surface area contributed by atoms with Crippen LogP contribution in [0.15, 0.2) is 53.4 Å². The molecule has 0 spiro atoms. The van der Waals surface area contributed by atoms with E-state index in [4.69, 9.17) is 0 Å². The second-order valence-corrected chi connectivity index (χ2v) is 8.04. The van der Waals surface area contributed by atoms with Gasteiger partial charge in [0.05, 0.1) is 6.61 Å². The molecule has 8 heteroatoms. The van der Waals surface area contributed by atoms with Crippen LogP contribution in [0, 0.1) is 5.82 Å². The Hall–Kier alpha value is -2.29. The maximum Gasteiger partial charge on any atom is 0.254 e. The monoisotopic (exact) mass is 394 g/mol. The number of halogens is 1. The standard InChI is InChI=1S/C19H23FN2O4S/c1-14(2)21-27(25,26)18-12-16(8-9-17(18)20)19(24)22(10-11-23)13-15-6-4-3-5-7-15/h3-9,12,14,21,23H,10-11,13H2,1-2H3. The van der Waals surface area contributed by atoms with E-state index in [0.29, 0.717) is 0 Å². The van der Waals surface area contributed by atoms with E-state index < -0.39 is 32.7 Å². The fourth-order valence-corrected chi connectivity index (χ4v) is 3.93. The van der Waals surface area contributed by atoms with Gasteiger partial charge in [0.2, 0.25) is 10.0 Å². The number of amides is 1. The number of hydrogen-bond acceptors (Lipinski definition) is 4.